The van der Waals surface area contributed by atoms with Gasteiger partial charge in [0.2, 0.25) is 5.91 Å². The number of hydrogen-bond acceptors (Lipinski definition) is 4. The minimum Gasteiger partial charge on any atom is -0.494 e. The predicted octanol–water partition coefficient (Wildman–Crippen LogP) is 5.51. The van der Waals surface area contributed by atoms with Crippen molar-refractivity contribution in [3.8, 4) is 5.75 Å². The number of unbranched alkanes of at least 4 members (excludes halogenated alkanes) is 1. The fourth-order valence-electron chi connectivity index (χ4n) is 4.98. The van der Waals surface area contributed by atoms with Crippen LogP contribution in [0.25, 0.3) is 0 Å². The van der Waals surface area contributed by atoms with Crippen molar-refractivity contribution in [1.82, 2.24) is 14.4 Å². The largest absolute Gasteiger partial charge is 0.494 e. The summed E-state index contributed by atoms with van der Waals surface area (Å²) >= 11 is 0. The van der Waals surface area contributed by atoms with E-state index in [0.29, 0.717) is 37.8 Å². The second-order valence-corrected chi connectivity index (χ2v) is 10.4. The Kier molecular flexibility index (Phi) is 9.82. The van der Waals surface area contributed by atoms with Crippen LogP contribution in [0, 0.1) is 0 Å². The minimum absolute atomic E-state index is 0.0156. The molecule has 3 aromatic rings. The lowest BCUT2D eigenvalue weighted by molar-refractivity contribution is -0.134. The molecule has 7 heteroatoms. The van der Waals surface area contributed by atoms with Crippen LogP contribution in [0.4, 0.5) is 0 Å². The maximum absolute atomic E-state index is 13.9. The zero-order valence-corrected chi connectivity index (χ0v) is 23.6. The van der Waals surface area contributed by atoms with E-state index in [0.717, 1.165) is 36.4 Å². The Labute approximate surface area is 232 Å². The molecule has 2 aromatic carbocycles. The van der Waals surface area contributed by atoms with Crippen LogP contribution in [-0.2, 0) is 16.1 Å². The van der Waals surface area contributed by atoms with E-state index >= 15 is 0 Å². The van der Waals surface area contributed by atoms with E-state index in [9.17, 15) is 9.59 Å². The summed E-state index contributed by atoms with van der Waals surface area (Å²) in [5.41, 5.74) is 3.94. The molecule has 1 atom stereocenters. The van der Waals surface area contributed by atoms with E-state index in [1.54, 1.807) is 24.1 Å². The molecule has 0 radical (unpaired) electrons. The molecule has 1 aliphatic rings. The van der Waals surface area contributed by atoms with Crippen LogP contribution in [-0.4, -0.2) is 66.1 Å². The van der Waals surface area contributed by atoms with Gasteiger partial charge >= 0.3 is 0 Å². The smallest absolute Gasteiger partial charge is 0.254 e. The van der Waals surface area contributed by atoms with Gasteiger partial charge in [-0.3, -0.25) is 9.59 Å². The Morgan fingerprint density at radius 1 is 1.00 bits per heavy atom. The zero-order chi connectivity index (χ0) is 27.8. The summed E-state index contributed by atoms with van der Waals surface area (Å²) in [6, 6.07) is 19.6. The average Bonchev–Trinajstić information content (AvgIpc) is 3.44. The molecule has 39 heavy (non-hydrogen) atoms. The van der Waals surface area contributed by atoms with E-state index in [-0.39, 0.29) is 24.4 Å². The lowest BCUT2D eigenvalue weighted by Gasteiger charge is -2.38. The molecule has 1 unspecified atom stereocenters. The monoisotopic (exact) mass is 531 g/mol. The Morgan fingerprint density at radius 2 is 1.74 bits per heavy atom. The maximum Gasteiger partial charge on any atom is 0.254 e. The summed E-state index contributed by atoms with van der Waals surface area (Å²) in [7, 11) is 1.60. The molecule has 1 aromatic heterocycles. The standard InChI is InChI=1S/C32H41N3O4/c1-5-6-21-39-28-15-13-27(14-16-28)32(37)34(20-22-38-4)23-30(36)35-19-18-33-17-7-8-29(33)31(35)26-11-9-25(10-12-26)24(2)3/h7-17,24,31H,5-6,18-23H2,1-4H3. The van der Waals surface area contributed by atoms with Gasteiger partial charge in [0.25, 0.3) is 5.91 Å². The number of carbonyl (C=O) groups is 2. The van der Waals surface area contributed by atoms with Crippen molar-refractivity contribution in [2.24, 2.45) is 0 Å². The van der Waals surface area contributed by atoms with Crippen molar-refractivity contribution in [3.63, 3.8) is 0 Å². The highest BCUT2D eigenvalue weighted by molar-refractivity contribution is 5.96. The van der Waals surface area contributed by atoms with Gasteiger partial charge in [-0.05, 0) is 59.9 Å². The molecule has 0 aliphatic carbocycles. The molecule has 4 rings (SSSR count). The van der Waals surface area contributed by atoms with Crippen molar-refractivity contribution in [2.75, 3.05) is 40.0 Å². The van der Waals surface area contributed by atoms with Crippen LogP contribution in [0.5, 0.6) is 5.75 Å². The molecular weight excluding hydrogens is 490 g/mol. The first-order chi connectivity index (χ1) is 18.9. The van der Waals surface area contributed by atoms with Crippen LogP contribution in [0.1, 0.15) is 72.8 Å². The van der Waals surface area contributed by atoms with Crippen molar-refractivity contribution in [1.29, 1.82) is 0 Å². The molecular formula is C32H41N3O4. The quantitative estimate of drug-likeness (QED) is 0.289. The van der Waals surface area contributed by atoms with Gasteiger partial charge in [0.15, 0.2) is 0 Å². The van der Waals surface area contributed by atoms with E-state index < -0.39 is 0 Å². The highest BCUT2D eigenvalue weighted by Gasteiger charge is 2.33. The fourth-order valence-corrected chi connectivity index (χ4v) is 4.98. The number of ether oxygens (including phenoxy) is 2. The average molecular weight is 532 g/mol. The first-order valence-corrected chi connectivity index (χ1v) is 14.0. The van der Waals surface area contributed by atoms with Gasteiger partial charge in [0.1, 0.15) is 12.3 Å². The molecule has 0 saturated heterocycles. The van der Waals surface area contributed by atoms with Gasteiger partial charge in [0.05, 0.1) is 19.3 Å². The highest BCUT2D eigenvalue weighted by atomic mass is 16.5. The summed E-state index contributed by atoms with van der Waals surface area (Å²) in [5.74, 6) is 0.898. The Morgan fingerprint density at radius 3 is 2.41 bits per heavy atom. The summed E-state index contributed by atoms with van der Waals surface area (Å²) in [4.78, 5) is 30.9. The molecule has 0 saturated carbocycles. The van der Waals surface area contributed by atoms with Crippen LogP contribution in [0.15, 0.2) is 66.9 Å². The Balaban J connectivity index is 1.54. The zero-order valence-electron chi connectivity index (χ0n) is 23.6. The Hall–Kier alpha value is -3.58. The van der Waals surface area contributed by atoms with Crippen molar-refractivity contribution < 1.29 is 19.1 Å². The molecule has 2 heterocycles. The number of carbonyl (C=O) groups excluding carboxylic acids is 2. The number of fused-ring (bicyclic) bond motifs is 1. The summed E-state index contributed by atoms with van der Waals surface area (Å²) in [6.07, 6.45) is 4.11. The lowest BCUT2D eigenvalue weighted by Crippen LogP contribution is -2.48. The maximum atomic E-state index is 13.9. The summed E-state index contributed by atoms with van der Waals surface area (Å²) in [6.45, 7) is 9.08. The molecule has 208 valence electrons. The third kappa shape index (κ3) is 6.90. The number of aromatic nitrogens is 1. The van der Waals surface area contributed by atoms with Crippen molar-refractivity contribution in [3.05, 3.63) is 89.2 Å². The first-order valence-electron chi connectivity index (χ1n) is 14.0. The summed E-state index contributed by atoms with van der Waals surface area (Å²) < 4.78 is 13.2. The van der Waals surface area contributed by atoms with Crippen LogP contribution in [0.3, 0.4) is 0 Å². The molecule has 0 fully saturated rings. The van der Waals surface area contributed by atoms with Crippen LogP contribution >= 0.6 is 0 Å². The molecule has 7 nitrogen and oxygen atoms in total. The van der Waals surface area contributed by atoms with Crippen molar-refractivity contribution in [2.45, 2.75) is 52.1 Å². The van der Waals surface area contributed by atoms with Gasteiger partial charge in [-0.1, -0.05) is 51.5 Å². The normalized spacial score (nSPS) is 14.8. The van der Waals surface area contributed by atoms with Gasteiger partial charge in [-0.2, -0.15) is 0 Å². The molecule has 2 amide bonds. The van der Waals surface area contributed by atoms with Gasteiger partial charge in [-0.25, -0.2) is 0 Å². The van der Waals surface area contributed by atoms with E-state index in [2.05, 4.69) is 61.9 Å². The molecule has 0 spiro atoms. The third-order valence-electron chi connectivity index (χ3n) is 7.32. The molecule has 1 aliphatic heterocycles. The van der Waals surface area contributed by atoms with Gasteiger partial charge in [0, 0.05) is 44.2 Å². The lowest BCUT2D eigenvalue weighted by atomic mass is 9.95. The number of benzene rings is 2. The topological polar surface area (TPSA) is 64.0 Å². The first kappa shape index (κ1) is 28.4. The van der Waals surface area contributed by atoms with Gasteiger partial charge in [-0.15, -0.1) is 0 Å². The number of methoxy groups -OCH3 is 1. The van der Waals surface area contributed by atoms with Crippen LogP contribution in [0.2, 0.25) is 0 Å². The van der Waals surface area contributed by atoms with E-state index in [4.69, 9.17) is 9.47 Å². The second kappa shape index (κ2) is 13.5. The fraction of sp³-hybridized carbons (Fsp3) is 0.438. The molecule has 0 bridgehead atoms. The molecule has 0 N–H and O–H groups in total. The highest BCUT2D eigenvalue weighted by Crippen LogP contribution is 2.33. The van der Waals surface area contributed by atoms with Crippen LogP contribution < -0.4 is 4.74 Å². The minimum atomic E-state index is -0.207. The third-order valence-corrected chi connectivity index (χ3v) is 7.32. The van der Waals surface area contributed by atoms with Crippen molar-refractivity contribution >= 4 is 11.8 Å². The Bertz CT molecular complexity index is 1220. The number of hydrogen-bond donors (Lipinski definition) is 0. The SMILES string of the molecule is CCCCOc1ccc(C(=O)N(CCOC)CC(=O)N2CCn3cccc3C2c2ccc(C(C)C)cc2)cc1. The number of amides is 2. The van der Waals surface area contributed by atoms with E-state index in [1.165, 1.54) is 5.56 Å². The second-order valence-electron chi connectivity index (χ2n) is 10.4. The van der Waals surface area contributed by atoms with Gasteiger partial charge < -0.3 is 23.8 Å². The van der Waals surface area contributed by atoms with E-state index in [1.807, 2.05) is 23.1 Å². The number of rotatable bonds is 12. The number of nitrogens with zero attached hydrogens (tertiary/aromatic N) is 3. The predicted molar refractivity (Wildman–Crippen MR) is 153 cm³/mol. The summed E-state index contributed by atoms with van der Waals surface area (Å²) in [5, 5.41) is 0.